The van der Waals surface area contributed by atoms with E-state index in [4.69, 9.17) is 18.9 Å². The molecule has 0 radical (unpaired) electrons. The van der Waals surface area contributed by atoms with E-state index >= 15 is 4.79 Å². The zero-order valence-electron chi connectivity index (χ0n) is 36.6. The molecule has 12 nitrogen and oxygen atoms in total. The first kappa shape index (κ1) is 40.7. The van der Waals surface area contributed by atoms with Gasteiger partial charge in [-0.1, -0.05) is 50.1 Å². The van der Waals surface area contributed by atoms with E-state index in [9.17, 15) is 14.7 Å². The molecule has 0 amide bonds. The fourth-order valence-corrected chi connectivity index (χ4v) is 15.0. The molecule has 2 saturated carbocycles. The minimum absolute atomic E-state index is 0.212. The Hall–Kier alpha value is -4.39. The van der Waals surface area contributed by atoms with Crippen molar-refractivity contribution in [3.8, 4) is 5.75 Å². The number of aryl methyl sites for hydroxylation is 1. The summed E-state index contributed by atoms with van der Waals surface area (Å²) in [6, 6.07) is 11.5. The van der Waals surface area contributed by atoms with Crippen LogP contribution in [0.1, 0.15) is 87.6 Å². The Morgan fingerprint density at radius 2 is 1.70 bits per heavy atom. The largest absolute Gasteiger partial charge is 0.496 e. The molecule has 6 heterocycles. The maximum atomic E-state index is 15.6. The number of H-pyrrole nitrogens is 1. The van der Waals surface area contributed by atoms with Gasteiger partial charge in [0.05, 0.1) is 27.4 Å². The van der Waals surface area contributed by atoms with Crippen LogP contribution in [0.5, 0.6) is 5.75 Å². The molecule has 326 valence electrons. The van der Waals surface area contributed by atoms with E-state index < -0.39 is 45.9 Å². The Kier molecular flexibility index (Phi) is 9.73. The topological polar surface area (TPSA) is 134 Å². The molecule has 2 saturated heterocycles. The number of hydrogen-bond acceptors (Lipinski definition) is 11. The number of para-hydroxylation sites is 1. The third-order valence-corrected chi connectivity index (χ3v) is 17.0. The summed E-state index contributed by atoms with van der Waals surface area (Å²) in [5.74, 6) is 0.0561. The van der Waals surface area contributed by atoms with Gasteiger partial charge in [-0.05, 0) is 99.0 Å². The van der Waals surface area contributed by atoms with Gasteiger partial charge in [0.2, 0.25) is 5.60 Å². The molecular weight excluding hydrogens is 773 g/mol. The fourth-order valence-electron chi connectivity index (χ4n) is 15.0. The van der Waals surface area contributed by atoms with Crippen molar-refractivity contribution < 1.29 is 38.4 Å². The third kappa shape index (κ3) is 5.36. The molecule has 11 atom stereocenters. The van der Waals surface area contributed by atoms with E-state index in [1.54, 1.807) is 7.11 Å². The summed E-state index contributed by atoms with van der Waals surface area (Å²) in [6.07, 6.45) is 11.1. The lowest BCUT2D eigenvalue weighted by Gasteiger charge is -2.63. The van der Waals surface area contributed by atoms with Crippen molar-refractivity contribution in [1.29, 1.82) is 0 Å². The Balaban J connectivity index is 1.28. The summed E-state index contributed by atoms with van der Waals surface area (Å²) in [6.45, 7) is 7.79. The van der Waals surface area contributed by atoms with Crippen molar-refractivity contribution in [2.75, 3.05) is 66.0 Å². The van der Waals surface area contributed by atoms with Crippen molar-refractivity contribution >= 4 is 34.5 Å². The molecule has 2 bridgehead atoms. The van der Waals surface area contributed by atoms with E-state index in [0.717, 1.165) is 77.9 Å². The minimum Gasteiger partial charge on any atom is -0.496 e. The van der Waals surface area contributed by atoms with Crippen molar-refractivity contribution in [3.05, 3.63) is 70.9 Å². The number of carbonyl (C=O) groups excluding carboxylic acids is 3. The minimum atomic E-state index is -2.27. The number of ether oxygens (including phenoxy) is 4. The number of aromatic amines is 1. The normalized spacial score (nSPS) is 37.4. The number of aliphatic hydroxyl groups is 1. The van der Waals surface area contributed by atoms with E-state index in [1.807, 2.05) is 31.0 Å². The predicted molar refractivity (Wildman–Crippen MR) is 231 cm³/mol. The van der Waals surface area contributed by atoms with Gasteiger partial charge in [0.25, 0.3) is 0 Å². The quantitative estimate of drug-likeness (QED) is 0.181. The monoisotopic (exact) mass is 834 g/mol. The number of fused-ring (bicyclic) bond motifs is 8. The number of rotatable bonds is 6. The van der Waals surface area contributed by atoms with E-state index in [1.165, 1.54) is 40.4 Å². The number of nitrogens with one attached hydrogen (secondary N) is 1. The SMILES string of the molecule is CC[C@]12C=CCN3CC[C@@]4(c5cc([C@]6(C(=O)OC)C[C@H]7CN(CCCc8c6[nH]c6ccccc86)C[C@H]6CCCC[C@H]67)c(OC)cc5N(C)[C@H]4[C@@](O)(C(=O)OC)[C@@H]1OC(C)=O)[C@@H]32. The summed E-state index contributed by atoms with van der Waals surface area (Å²) in [4.78, 5) is 54.1. The van der Waals surface area contributed by atoms with Gasteiger partial charge < -0.3 is 38.8 Å². The van der Waals surface area contributed by atoms with Gasteiger partial charge in [-0.2, -0.15) is 0 Å². The number of anilines is 1. The van der Waals surface area contributed by atoms with E-state index in [0.29, 0.717) is 49.9 Å². The summed E-state index contributed by atoms with van der Waals surface area (Å²) in [5, 5.41) is 14.5. The number of carbonyl (C=O) groups is 3. The molecule has 2 N–H and O–H groups in total. The van der Waals surface area contributed by atoms with Gasteiger partial charge >= 0.3 is 17.9 Å². The fraction of sp³-hybridized carbons (Fsp3) is 0.612. The lowest BCUT2D eigenvalue weighted by molar-refractivity contribution is -0.228. The molecule has 2 aliphatic carbocycles. The number of hydrogen-bond donors (Lipinski definition) is 2. The average Bonchev–Trinajstić information content (AvgIpc) is 3.93. The van der Waals surface area contributed by atoms with Crippen molar-refractivity contribution in [2.24, 2.45) is 23.2 Å². The van der Waals surface area contributed by atoms with Crippen LogP contribution < -0.4 is 9.64 Å². The molecule has 1 unspecified atom stereocenters. The lowest BCUT2D eigenvalue weighted by Crippen LogP contribution is -2.81. The highest BCUT2D eigenvalue weighted by Crippen LogP contribution is 2.68. The van der Waals surface area contributed by atoms with Crippen LogP contribution in [0.15, 0.2) is 48.6 Å². The Morgan fingerprint density at radius 3 is 2.46 bits per heavy atom. The molecule has 4 fully saturated rings. The first-order chi connectivity index (χ1) is 29.4. The average molecular weight is 835 g/mol. The van der Waals surface area contributed by atoms with Gasteiger partial charge in [0, 0.05) is 84.4 Å². The number of aromatic nitrogens is 1. The number of nitrogens with zero attached hydrogens (tertiary/aromatic N) is 3. The molecule has 10 rings (SSSR count). The maximum Gasteiger partial charge on any atom is 0.344 e. The third-order valence-electron chi connectivity index (χ3n) is 17.0. The zero-order chi connectivity index (χ0) is 42.6. The van der Waals surface area contributed by atoms with Crippen LogP contribution in [0, 0.1) is 23.2 Å². The molecule has 5 aliphatic heterocycles. The Morgan fingerprint density at radius 1 is 0.934 bits per heavy atom. The Bertz CT molecular complexity index is 2310. The summed E-state index contributed by atoms with van der Waals surface area (Å²) in [5.41, 5.74) is 0.0712. The highest BCUT2D eigenvalue weighted by molar-refractivity contribution is 5.95. The van der Waals surface area contributed by atoms with Crippen LogP contribution in [-0.2, 0) is 45.8 Å². The molecule has 3 aromatic rings. The van der Waals surface area contributed by atoms with Crippen LogP contribution in [0.2, 0.25) is 0 Å². The molecule has 1 aromatic heterocycles. The number of methoxy groups -OCH3 is 3. The predicted octanol–water partition coefficient (Wildman–Crippen LogP) is 5.66. The maximum absolute atomic E-state index is 15.6. The molecule has 12 heteroatoms. The number of esters is 3. The van der Waals surface area contributed by atoms with E-state index in [2.05, 4.69) is 51.2 Å². The van der Waals surface area contributed by atoms with Crippen molar-refractivity contribution in [2.45, 2.75) is 106 Å². The molecular formula is C49H62N4O8. The van der Waals surface area contributed by atoms with Gasteiger partial charge in [-0.3, -0.25) is 14.5 Å². The smallest absolute Gasteiger partial charge is 0.344 e. The van der Waals surface area contributed by atoms with Crippen LogP contribution in [0.25, 0.3) is 10.9 Å². The summed E-state index contributed by atoms with van der Waals surface area (Å²) < 4.78 is 24.3. The second kappa shape index (κ2) is 14.6. The molecule has 7 aliphatic rings. The first-order valence-electron chi connectivity index (χ1n) is 22.7. The number of likely N-dealkylation sites (N-methyl/N-ethyl adjacent to an activating group) is 1. The molecule has 1 spiro atoms. The van der Waals surface area contributed by atoms with Gasteiger partial charge in [0.15, 0.2) is 6.10 Å². The summed E-state index contributed by atoms with van der Waals surface area (Å²) >= 11 is 0. The first-order valence-corrected chi connectivity index (χ1v) is 22.7. The van der Waals surface area contributed by atoms with E-state index in [-0.39, 0.29) is 17.9 Å². The van der Waals surface area contributed by atoms with Crippen LogP contribution >= 0.6 is 0 Å². The standard InChI is InChI=1S/C49H62N4O8/c1-7-46-19-13-22-53-23-20-47(41(46)53)35-24-36(39(58-4)25-38(35)51(3)42(47)49(57,45(56)60-6)43(46)61-29(2)54)48(44(55)59-5)26-31-28-52(27-30-14-8-9-15-32(30)31)21-12-17-34-33-16-10-11-18-37(33)50-40(34)48/h10-11,13,16,18-19,24-25,30-32,41-43,50,57H,7-9,12,14-15,17,20-23,26-28H2,1-6H3/t30-,31+,32-,41+,42-,43-,46-,47-,48-,49+/m1/s1. The number of benzene rings is 2. The second-order valence-corrected chi connectivity index (χ2v) is 19.4. The van der Waals surface area contributed by atoms with Crippen LogP contribution in [0.3, 0.4) is 0 Å². The molecule has 61 heavy (non-hydrogen) atoms. The molecule has 2 aromatic carbocycles. The van der Waals surface area contributed by atoms with Gasteiger partial charge in [-0.15, -0.1) is 0 Å². The van der Waals surface area contributed by atoms with Gasteiger partial charge in [0.1, 0.15) is 11.2 Å². The summed E-state index contributed by atoms with van der Waals surface area (Å²) in [7, 11) is 6.36. The highest BCUT2D eigenvalue weighted by Gasteiger charge is 2.80. The van der Waals surface area contributed by atoms with Crippen molar-refractivity contribution in [1.82, 2.24) is 14.8 Å². The lowest BCUT2D eigenvalue weighted by atomic mass is 9.47. The van der Waals surface area contributed by atoms with Gasteiger partial charge in [-0.25, -0.2) is 4.79 Å². The Labute approximate surface area is 358 Å². The second-order valence-electron chi connectivity index (χ2n) is 19.4. The van der Waals surface area contributed by atoms with Crippen molar-refractivity contribution in [3.63, 3.8) is 0 Å². The zero-order valence-corrected chi connectivity index (χ0v) is 36.6. The van der Waals surface area contributed by atoms with Crippen LogP contribution in [0.4, 0.5) is 5.69 Å². The highest BCUT2D eigenvalue weighted by atomic mass is 16.6. The van der Waals surface area contributed by atoms with Crippen LogP contribution in [-0.4, -0.2) is 123 Å². The number of piperidine rings is 1.